The van der Waals surface area contributed by atoms with Crippen LogP contribution in [0.2, 0.25) is 0 Å². The molecule has 0 saturated heterocycles. The Morgan fingerprint density at radius 3 is 2.50 bits per heavy atom. The van der Waals surface area contributed by atoms with E-state index in [9.17, 15) is 18.5 Å². The summed E-state index contributed by atoms with van der Waals surface area (Å²) in [6.45, 7) is 0. The second kappa shape index (κ2) is 7.80. The molecule has 0 saturated carbocycles. The third-order valence-electron chi connectivity index (χ3n) is 6.14. The van der Waals surface area contributed by atoms with Crippen molar-refractivity contribution in [3.05, 3.63) is 106 Å². The summed E-state index contributed by atoms with van der Waals surface area (Å²) in [6.07, 6.45) is 4.90. The fourth-order valence-electron chi connectivity index (χ4n) is 4.68. The summed E-state index contributed by atoms with van der Waals surface area (Å²) >= 11 is 0. The van der Waals surface area contributed by atoms with Crippen LogP contribution in [0, 0.1) is 16.0 Å². The molecule has 0 aromatic heterocycles. The molecular weight excluding hydrogens is 426 g/mol. The van der Waals surface area contributed by atoms with E-state index in [1.807, 2.05) is 12.1 Å². The minimum Gasteiger partial charge on any atom is -0.377 e. The normalized spacial score (nSPS) is 21.3. The van der Waals surface area contributed by atoms with E-state index in [4.69, 9.17) is 0 Å². The summed E-state index contributed by atoms with van der Waals surface area (Å²) in [5.41, 5.74) is 2.90. The number of hydrogen-bond donors (Lipinski definition) is 2. The van der Waals surface area contributed by atoms with Gasteiger partial charge in [0.05, 0.1) is 21.4 Å². The highest BCUT2D eigenvalue weighted by molar-refractivity contribution is 7.92. The van der Waals surface area contributed by atoms with Gasteiger partial charge in [-0.15, -0.1) is 0 Å². The minimum absolute atomic E-state index is 0.0251. The fraction of sp³-hybridized carbons (Fsp3) is 0.167. The van der Waals surface area contributed by atoms with Gasteiger partial charge in [0.1, 0.15) is 0 Å². The second-order valence-electron chi connectivity index (χ2n) is 8.01. The van der Waals surface area contributed by atoms with Crippen molar-refractivity contribution < 1.29 is 13.3 Å². The van der Waals surface area contributed by atoms with Gasteiger partial charge in [0.2, 0.25) is 0 Å². The Hall–Kier alpha value is -3.65. The molecule has 1 aliphatic heterocycles. The molecule has 8 heteroatoms. The molecule has 5 rings (SSSR count). The lowest BCUT2D eigenvalue weighted by Crippen LogP contribution is -2.30. The zero-order chi connectivity index (χ0) is 22.3. The molecule has 0 spiro atoms. The van der Waals surface area contributed by atoms with Crippen molar-refractivity contribution in [2.45, 2.75) is 23.3 Å². The van der Waals surface area contributed by atoms with Gasteiger partial charge in [0.25, 0.3) is 15.7 Å². The number of nitro groups is 1. The average Bonchev–Trinajstić information content (AvgIpc) is 3.29. The lowest BCUT2D eigenvalue weighted by Gasteiger charge is -2.37. The Kier molecular flexibility index (Phi) is 4.94. The molecule has 2 N–H and O–H groups in total. The molecule has 3 aromatic rings. The lowest BCUT2D eigenvalue weighted by molar-refractivity contribution is -0.385. The van der Waals surface area contributed by atoms with Crippen molar-refractivity contribution in [1.82, 2.24) is 0 Å². The highest BCUT2D eigenvalue weighted by Crippen LogP contribution is 2.51. The molecule has 1 heterocycles. The molecule has 1 aliphatic carbocycles. The number of hydrogen-bond acceptors (Lipinski definition) is 5. The van der Waals surface area contributed by atoms with E-state index in [-0.39, 0.29) is 33.4 Å². The number of anilines is 2. The van der Waals surface area contributed by atoms with Gasteiger partial charge in [-0.1, -0.05) is 48.6 Å². The molecule has 32 heavy (non-hydrogen) atoms. The van der Waals surface area contributed by atoms with Crippen LogP contribution in [-0.2, 0) is 10.0 Å². The zero-order valence-electron chi connectivity index (χ0n) is 17.0. The van der Waals surface area contributed by atoms with Crippen LogP contribution in [0.5, 0.6) is 0 Å². The average molecular weight is 448 g/mol. The molecule has 3 unspecified atom stereocenters. The SMILES string of the molecule is O=[N+]([O-])c1ccccc1C1Nc2ccc(S(=O)(=O)Nc3ccccc3)cc2C2C=CCC21. The fourth-order valence-corrected chi connectivity index (χ4v) is 5.78. The minimum atomic E-state index is -3.75. The van der Waals surface area contributed by atoms with Crippen LogP contribution in [-0.4, -0.2) is 13.3 Å². The van der Waals surface area contributed by atoms with Gasteiger partial charge in [-0.2, -0.15) is 0 Å². The van der Waals surface area contributed by atoms with E-state index in [0.29, 0.717) is 11.3 Å². The number of allylic oxidation sites excluding steroid dienone is 2. The third kappa shape index (κ3) is 3.52. The largest absolute Gasteiger partial charge is 0.377 e. The first-order chi connectivity index (χ1) is 15.4. The van der Waals surface area contributed by atoms with E-state index >= 15 is 0 Å². The van der Waals surface area contributed by atoms with Crippen molar-refractivity contribution in [3.8, 4) is 0 Å². The van der Waals surface area contributed by atoms with Gasteiger partial charge < -0.3 is 5.32 Å². The van der Waals surface area contributed by atoms with Gasteiger partial charge in [-0.05, 0) is 48.2 Å². The molecule has 0 amide bonds. The summed E-state index contributed by atoms with van der Waals surface area (Å²) in [7, 11) is -3.75. The number of nitrogens with zero attached hydrogens (tertiary/aromatic N) is 1. The maximum atomic E-state index is 13.0. The molecule has 0 fully saturated rings. The monoisotopic (exact) mass is 447 g/mol. The summed E-state index contributed by atoms with van der Waals surface area (Å²) in [5.74, 6) is 0.0339. The Balaban J connectivity index is 1.52. The number of sulfonamides is 1. The number of fused-ring (bicyclic) bond motifs is 3. The second-order valence-corrected chi connectivity index (χ2v) is 9.69. The predicted molar refractivity (Wildman–Crippen MR) is 123 cm³/mol. The van der Waals surface area contributed by atoms with E-state index in [1.54, 1.807) is 54.6 Å². The van der Waals surface area contributed by atoms with Crippen LogP contribution in [0.1, 0.15) is 29.5 Å². The van der Waals surface area contributed by atoms with Crippen molar-refractivity contribution >= 4 is 27.1 Å². The number of para-hydroxylation sites is 2. The van der Waals surface area contributed by atoms with Gasteiger partial charge in [0, 0.05) is 23.4 Å². The maximum absolute atomic E-state index is 13.0. The molecule has 0 bridgehead atoms. The summed E-state index contributed by atoms with van der Waals surface area (Å²) in [5, 5.41) is 15.0. The lowest BCUT2D eigenvalue weighted by atomic mass is 9.76. The standard InChI is InChI=1S/C24H21N3O4S/c28-27(29)23-12-5-4-9-20(23)24-19-11-6-10-18(19)21-15-17(13-14-22(21)25-24)32(30,31)26-16-7-2-1-3-8-16/h1-10,12-15,18-19,24-26H,11H2. The number of nitrogens with one attached hydrogen (secondary N) is 2. The molecule has 7 nitrogen and oxygen atoms in total. The van der Waals surface area contributed by atoms with Crippen LogP contribution in [0.4, 0.5) is 17.1 Å². The summed E-state index contributed by atoms with van der Waals surface area (Å²) < 4.78 is 28.5. The van der Waals surface area contributed by atoms with Crippen LogP contribution in [0.15, 0.2) is 89.8 Å². The Morgan fingerprint density at radius 1 is 0.969 bits per heavy atom. The molecule has 162 valence electrons. The quantitative estimate of drug-likeness (QED) is 0.317. The van der Waals surface area contributed by atoms with Gasteiger partial charge in [-0.25, -0.2) is 8.42 Å². The zero-order valence-corrected chi connectivity index (χ0v) is 17.8. The number of nitro benzene ring substituents is 1. The van der Waals surface area contributed by atoms with Crippen LogP contribution in [0.3, 0.4) is 0 Å². The van der Waals surface area contributed by atoms with Crippen molar-refractivity contribution in [3.63, 3.8) is 0 Å². The number of rotatable bonds is 5. The highest BCUT2D eigenvalue weighted by Gasteiger charge is 2.40. The van der Waals surface area contributed by atoms with E-state index in [0.717, 1.165) is 17.7 Å². The molecule has 3 atom stereocenters. The smallest absolute Gasteiger partial charge is 0.274 e. The molecule has 0 radical (unpaired) electrons. The molecule has 3 aromatic carbocycles. The van der Waals surface area contributed by atoms with Crippen molar-refractivity contribution in [1.29, 1.82) is 0 Å². The summed E-state index contributed by atoms with van der Waals surface area (Å²) in [4.78, 5) is 11.4. The molecule has 2 aliphatic rings. The number of benzene rings is 3. The van der Waals surface area contributed by atoms with Crippen LogP contribution < -0.4 is 10.0 Å². The predicted octanol–water partition coefficient (Wildman–Crippen LogP) is 5.22. The van der Waals surface area contributed by atoms with Gasteiger partial charge in [-0.3, -0.25) is 14.8 Å². The first-order valence-corrected chi connectivity index (χ1v) is 11.8. The van der Waals surface area contributed by atoms with Crippen LogP contribution >= 0.6 is 0 Å². The first kappa shape index (κ1) is 20.3. The Morgan fingerprint density at radius 2 is 1.72 bits per heavy atom. The maximum Gasteiger partial charge on any atom is 0.274 e. The molecular formula is C24H21N3O4S. The van der Waals surface area contributed by atoms with E-state index < -0.39 is 10.0 Å². The topological polar surface area (TPSA) is 101 Å². The first-order valence-electron chi connectivity index (χ1n) is 10.3. The van der Waals surface area contributed by atoms with Crippen molar-refractivity contribution in [2.24, 2.45) is 5.92 Å². The summed E-state index contributed by atoms with van der Waals surface area (Å²) in [6, 6.07) is 20.3. The Labute approximate surface area is 186 Å². The van der Waals surface area contributed by atoms with Crippen LogP contribution in [0.25, 0.3) is 0 Å². The third-order valence-corrected chi connectivity index (χ3v) is 7.52. The van der Waals surface area contributed by atoms with Crippen molar-refractivity contribution in [2.75, 3.05) is 10.0 Å². The van der Waals surface area contributed by atoms with E-state index in [1.165, 1.54) is 6.07 Å². The highest BCUT2D eigenvalue weighted by atomic mass is 32.2. The van der Waals surface area contributed by atoms with Gasteiger partial charge >= 0.3 is 0 Å². The van der Waals surface area contributed by atoms with Gasteiger partial charge in [0.15, 0.2) is 0 Å². The van der Waals surface area contributed by atoms with E-state index in [2.05, 4.69) is 22.2 Å². The Bertz CT molecular complexity index is 1320.